The van der Waals surface area contributed by atoms with Crippen LogP contribution >= 0.6 is 0 Å². The van der Waals surface area contributed by atoms with Crippen molar-refractivity contribution in [2.24, 2.45) is 0 Å². The topological polar surface area (TPSA) is 35.2 Å². The van der Waals surface area contributed by atoms with Gasteiger partial charge in [-0.3, -0.25) is 0 Å². The molecule has 2 aromatic carbocycles. The lowest BCUT2D eigenvalue weighted by atomic mass is 10.0. The average molecular weight is 217 g/mol. The van der Waals surface area contributed by atoms with Gasteiger partial charge in [0.05, 0.1) is 7.11 Å². The quantitative estimate of drug-likeness (QED) is 0.784. The van der Waals surface area contributed by atoms with Gasteiger partial charge in [0.25, 0.3) is 0 Å². The second-order valence-corrected chi connectivity index (χ2v) is 3.50. The molecule has 16 heavy (non-hydrogen) atoms. The SMILES string of the molecule is COc1cc(N)cc(-c2ccc(F)cc2)c1. The molecule has 0 unspecified atom stereocenters. The van der Waals surface area contributed by atoms with E-state index in [4.69, 9.17) is 10.5 Å². The molecule has 0 fully saturated rings. The van der Waals surface area contributed by atoms with Crippen molar-refractivity contribution >= 4 is 5.69 Å². The number of nitrogen functional groups attached to an aromatic ring is 1. The van der Waals surface area contributed by atoms with Crippen LogP contribution in [0.1, 0.15) is 0 Å². The summed E-state index contributed by atoms with van der Waals surface area (Å²) in [7, 11) is 1.59. The number of ether oxygens (including phenoxy) is 1. The van der Waals surface area contributed by atoms with Crippen LogP contribution in [0, 0.1) is 5.82 Å². The monoisotopic (exact) mass is 217 g/mol. The van der Waals surface area contributed by atoms with Crippen LogP contribution in [0.3, 0.4) is 0 Å². The number of hydrogen-bond donors (Lipinski definition) is 1. The van der Waals surface area contributed by atoms with Gasteiger partial charge in [-0.15, -0.1) is 0 Å². The van der Waals surface area contributed by atoms with Gasteiger partial charge in [0.15, 0.2) is 0 Å². The van der Waals surface area contributed by atoms with Gasteiger partial charge in [-0.2, -0.15) is 0 Å². The number of anilines is 1. The van der Waals surface area contributed by atoms with Gasteiger partial charge in [-0.1, -0.05) is 12.1 Å². The van der Waals surface area contributed by atoms with E-state index in [0.29, 0.717) is 11.4 Å². The summed E-state index contributed by atoms with van der Waals surface area (Å²) < 4.78 is 17.9. The Hall–Kier alpha value is -2.03. The number of hydrogen-bond acceptors (Lipinski definition) is 2. The molecule has 3 heteroatoms. The maximum Gasteiger partial charge on any atom is 0.123 e. The maximum atomic E-state index is 12.8. The molecule has 0 saturated heterocycles. The van der Waals surface area contributed by atoms with Crippen molar-refractivity contribution < 1.29 is 9.13 Å². The van der Waals surface area contributed by atoms with E-state index in [1.807, 2.05) is 12.1 Å². The van der Waals surface area contributed by atoms with Crippen LogP contribution in [0.4, 0.5) is 10.1 Å². The van der Waals surface area contributed by atoms with Gasteiger partial charge < -0.3 is 10.5 Å². The van der Waals surface area contributed by atoms with Crippen LogP contribution in [0.2, 0.25) is 0 Å². The van der Waals surface area contributed by atoms with E-state index in [2.05, 4.69) is 0 Å². The molecule has 0 atom stereocenters. The van der Waals surface area contributed by atoms with Gasteiger partial charge in [-0.25, -0.2) is 4.39 Å². The van der Waals surface area contributed by atoms with Crippen LogP contribution < -0.4 is 10.5 Å². The van der Waals surface area contributed by atoms with Gasteiger partial charge in [0.2, 0.25) is 0 Å². The molecule has 82 valence electrons. The smallest absolute Gasteiger partial charge is 0.123 e. The molecule has 2 N–H and O–H groups in total. The molecule has 2 aromatic rings. The highest BCUT2D eigenvalue weighted by Gasteiger charge is 2.02. The summed E-state index contributed by atoms with van der Waals surface area (Å²) in [4.78, 5) is 0. The first-order valence-corrected chi connectivity index (χ1v) is 4.89. The summed E-state index contributed by atoms with van der Waals surface area (Å²) in [6.45, 7) is 0. The van der Waals surface area contributed by atoms with E-state index in [0.717, 1.165) is 11.1 Å². The Bertz CT molecular complexity index is 494. The Morgan fingerprint density at radius 2 is 1.69 bits per heavy atom. The molecule has 0 amide bonds. The molecular formula is C13H12FNO. The van der Waals surface area contributed by atoms with Gasteiger partial charge in [0.1, 0.15) is 11.6 Å². The van der Waals surface area contributed by atoms with Crippen molar-refractivity contribution in [2.45, 2.75) is 0 Å². The summed E-state index contributed by atoms with van der Waals surface area (Å²) in [5.74, 6) is 0.443. The molecule has 0 bridgehead atoms. The molecule has 0 aliphatic rings. The zero-order valence-electron chi connectivity index (χ0n) is 8.91. The summed E-state index contributed by atoms with van der Waals surface area (Å²) in [6.07, 6.45) is 0. The Morgan fingerprint density at radius 1 is 1.00 bits per heavy atom. The summed E-state index contributed by atoms with van der Waals surface area (Å²) >= 11 is 0. The van der Waals surface area contributed by atoms with Crippen LogP contribution in [0.5, 0.6) is 5.75 Å². The number of rotatable bonds is 2. The van der Waals surface area contributed by atoms with Crippen LogP contribution in [0.15, 0.2) is 42.5 Å². The van der Waals surface area contributed by atoms with Gasteiger partial charge in [0, 0.05) is 11.8 Å². The van der Waals surface area contributed by atoms with Crippen LogP contribution in [0.25, 0.3) is 11.1 Å². The number of nitrogens with two attached hydrogens (primary N) is 1. The molecule has 0 saturated carbocycles. The van der Waals surface area contributed by atoms with Crippen LogP contribution in [-0.4, -0.2) is 7.11 Å². The molecule has 0 aliphatic carbocycles. The van der Waals surface area contributed by atoms with E-state index >= 15 is 0 Å². The fourth-order valence-corrected chi connectivity index (χ4v) is 1.55. The number of halogens is 1. The number of methoxy groups -OCH3 is 1. The fraction of sp³-hybridized carbons (Fsp3) is 0.0769. The third-order valence-electron chi connectivity index (χ3n) is 2.34. The zero-order valence-corrected chi connectivity index (χ0v) is 8.91. The minimum Gasteiger partial charge on any atom is -0.497 e. The van der Waals surface area contributed by atoms with E-state index in [1.54, 1.807) is 25.3 Å². The average Bonchev–Trinajstić information content (AvgIpc) is 2.29. The summed E-state index contributed by atoms with van der Waals surface area (Å²) in [5.41, 5.74) is 8.19. The first kappa shape index (κ1) is 10.5. The lowest BCUT2D eigenvalue weighted by Crippen LogP contribution is -1.90. The molecule has 2 rings (SSSR count). The lowest BCUT2D eigenvalue weighted by Gasteiger charge is -2.06. The van der Waals surface area contributed by atoms with E-state index < -0.39 is 0 Å². The second-order valence-electron chi connectivity index (χ2n) is 3.50. The lowest BCUT2D eigenvalue weighted by molar-refractivity contribution is 0.415. The predicted molar refractivity (Wildman–Crippen MR) is 62.8 cm³/mol. The summed E-state index contributed by atoms with van der Waals surface area (Å²) in [5, 5.41) is 0. The fourth-order valence-electron chi connectivity index (χ4n) is 1.55. The highest BCUT2D eigenvalue weighted by Crippen LogP contribution is 2.27. The third kappa shape index (κ3) is 2.14. The molecule has 0 aromatic heterocycles. The molecule has 2 nitrogen and oxygen atoms in total. The standard InChI is InChI=1S/C13H12FNO/c1-16-13-7-10(6-12(15)8-13)9-2-4-11(14)5-3-9/h2-8H,15H2,1H3. The number of benzene rings is 2. The van der Waals surface area contributed by atoms with Gasteiger partial charge >= 0.3 is 0 Å². The van der Waals surface area contributed by atoms with E-state index in [9.17, 15) is 4.39 Å². The Morgan fingerprint density at radius 3 is 2.31 bits per heavy atom. The minimum atomic E-state index is -0.250. The van der Waals surface area contributed by atoms with Gasteiger partial charge in [-0.05, 0) is 35.4 Å². The Kier molecular flexibility index (Phi) is 2.77. The van der Waals surface area contributed by atoms with Crippen molar-refractivity contribution in [3.05, 3.63) is 48.3 Å². The Labute approximate surface area is 93.5 Å². The molecule has 0 heterocycles. The van der Waals surface area contributed by atoms with E-state index in [1.165, 1.54) is 12.1 Å². The molecule has 0 aliphatic heterocycles. The molecular weight excluding hydrogens is 205 g/mol. The van der Waals surface area contributed by atoms with E-state index in [-0.39, 0.29) is 5.82 Å². The third-order valence-corrected chi connectivity index (χ3v) is 2.34. The zero-order chi connectivity index (χ0) is 11.5. The summed E-state index contributed by atoms with van der Waals surface area (Å²) in [6, 6.07) is 11.7. The minimum absolute atomic E-state index is 0.250. The highest BCUT2D eigenvalue weighted by atomic mass is 19.1. The second kappa shape index (κ2) is 4.23. The first-order chi connectivity index (χ1) is 7.69. The Balaban J connectivity index is 2.47. The van der Waals surface area contributed by atoms with Crippen LogP contribution in [-0.2, 0) is 0 Å². The maximum absolute atomic E-state index is 12.8. The largest absolute Gasteiger partial charge is 0.497 e. The van der Waals surface area contributed by atoms with Crippen molar-refractivity contribution in [3.63, 3.8) is 0 Å². The predicted octanol–water partition coefficient (Wildman–Crippen LogP) is 3.08. The van der Waals surface area contributed by atoms with Crippen molar-refractivity contribution in [1.29, 1.82) is 0 Å². The van der Waals surface area contributed by atoms with Crippen molar-refractivity contribution in [2.75, 3.05) is 12.8 Å². The highest BCUT2D eigenvalue weighted by molar-refractivity contribution is 5.69. The van der Waals surface area contributed by atoms with Crippen molar-refractivity contribution in [3.8, 4) is 16.9 Å². The van der Waals surface area contributed by atoms with Crippen molar-refractivity contribution in [1.82, 2.24) is 0 Å². The first-order valence-electron chi connectivity index (χ1n) is 4.89. The normalized spacial score (nSPS) is 10.1. The molecule has 0 spiro atoms. The molecule has 0 radical (unpaired) electrons.